The lowest BCUT2D eigenvalue weighted by atomic mass is 9.78. The van der Waals surface area contributed by atoms with Crippen LogP contribution in [0.15, 0.2) is 66.7 Å². The van der Waals surface area contributed by atoms with Crippen molar-refractivity contribution >= 4 is 40.7 Å². The Hall–Kier alpha value is -3.75. The molecule has 10 heteroatoms. The molecule has 3 aromatic carbocycles. The van der Waals surface area contributed by atoms with Gasteiger partial charge in [0.05, 0.1) is 21.0 Å². The predicted octanol–water partition coefficient (Wildman–Crippen LogP) is 6.29. The van der Waals surface area contributed by atoms with Crippen molar-refractivity contribution < 1.29 is 9.59 Å². The van der Waals surface area contributed by atoms with Crippen LogP contribution < -0.4 is 10.6 Å². The number of tetrazole rings is 1. The Morgan fingerprint density at radius 3 is 2.20 bits per heavy atom. The highest BCUT2D eigenvalue weighted by Crippen LogP contribution is 2.41. The molecule has 1 aromatic heterocycles. The number of aromatic nitrogens is 4. The SMILES string of the molecule is CC(Cc1ccc(NC(=O)c2c(Cl)cccc2Cl)cc1)NC(=O)C1(Cc2ccc(-c3nnnn3C)cc2)CCCC1. The Morgan fingerprint density at radius 1 is 0.951 bits per heavy atom. The standard InChI is InChI=1S/C31H32Cl2N6O2/c1-20(18-21-10-14-24(15-11-21)35-29(40)27-25(32)6-5-7-26(27)33)34-30(41)31(16-3-4-17-31)19-22-8-12-23(13-9-22)28-36-37-38-39(28)2/h5-15,20H,3-4,16-19H2,1-2H3,(H,34,41)(H,35,40). The molecule has 1 saturated carbocycles. The molecule has 0 spiro atoms. The van der Waals surface area contributed by atoms with Gasteiger partial charge in [0.25, 0.3) is 5.91 Å². The van der Waals surface area contributed by atoms with E-state index in [9.17, 15) is 9.59 Å². The fraction of sp³-hybridized carbons (Fsp3) is 0.323. The second-order valence-corrected chi connectivity index (χ2v) is 11.6. The Bertz CT molecular complexity index is 1510. The maximum Gasteiger partial charge on any atom is 0.258 e. The largest absolute Gasteiger partial charge is 0.353 e. The molecule has 2 N–H and O–H groups in total. The lowest BCUT2D eigenvalue weighted by molar-refractivity contribution is -0.131. The number of hydrogen-bond donors (Lipinski definition) is 2. The summed E-state index contributed by atoms with van der Waals surface area (Å²) in [5.74, 6) is 0.458. The molecule has 1 atom stereocenters. The van der Waals surface area contributed by atoms with E-state index in [1.165, 1.54) is 0 Å². The first-order valence-electron chi connectivity index (χ1n) is 13.7. The number of nitrogens with zero attached hydrogens (tertiary/aromatic N) is 4. The van der Waals surface area contributed by atoms with E-state index < -0.39 is 5.41 Å². The molecule has 0 saturated heterocycles. The van der Waals surface area contributed by atoms with Crippen LogP contribution in [-0.4, -0.2) is 38.1 Å². The highest BCUT2D eigenvalue weighted by molar-refractivity contribution is 6.40. The third-order valence-electron chi connectivity index (χ3n) is 7.74. The fourth-order valence-corrected chi connectivity index (χ4v) is 6.16. The van der Waals surface area contributed by atoms with Crippen LogP contribution in [0.1, 0.15) is 54.1 Å². The highest BCUT2D eigenvalue weighted by Gasteiger charge is 2.41. The minimum Gasteiger partial charge on any atom is -0.353 e. The summed E-state index contributed by atoms with van der Waals surface area (Å²) in [5.41, 5.74) is 3.60. The van der Waals surface area contributed by atoms with Gasteiger partial charge in [-0.15, -0.1) is 5.10 Å². The van der Waals surface area contributed by atoms with Gasteiger partial charge in [-0.2, -0.15) is 0 Å². The van der Waals surface area contributed by atoms with Gasteiger partial charge >= 0.3 is 0 Å². The van der Waals surface area contributed by atoms with Crippen molar-refractivity contribution in [3.8, 4) is 11.4 Å². The van der Waals surface area contributed by atoms with Gasteiger partial charge in [0.2, 0.25) is 5.91 Å². The minimum atomic E-state index is -0.407. The first-order valence-corrected chi connectivity index (χ1v) is 14.5. The summed E-state index contributed by atoms with van der Waals surface area (Å²) >= 11 is 12.3. The number of benzene rings is 3. The average molecular weight is 592 g/mol. The van der Waals surface area contributed by atoms with E-state index in [-0.39, 0.29) is 23.4 Å². The number of halogens is 2. The van der Waals surface area contributed by atoms with Crippen molar-refractivity contribution in [3.05, 3.63) is 93.5 Å². The van der Waals surface area contributed by atoms with E-state index in [1.54, 1.807) is 22.9 Å². The van der Waals surface area contributed by atoms with Crippen molar-refractivity contribution in [2.45, 2.75) is 51.5 Å². The van der Waals surface area contributed by atoms with Crippen LogP contribution in [0.3, 0.4) is 0 Å². The van der Waals surface area contributed by atoms with Crippen LogP contribution in [-0.2, 0) is 24.7 Å². The summed E-state index contributed by atoms with van der Waals surface area (Å²) in [6.45, 7) is 2.03. The van der Waals surface area contributed by atoms with Gasteiger partial charge in [-0.1, -0.05) is 78.5 Å². The molecule has 4 aromatic rings. The topological polar surface area (TPSA) is 102 Å². The number of amides is 2. The first kappa shape index (κ1) is 28.8. The smallest absolute Gasteiger partial charge is 0.258 e. The van der Waals surface area contributed by atoms with E-state index >= 15 is 0 Å². The quantitative estimate of drug-likeness (QED) is 0.238. The van der Waals surface area contributed by atoms with Crippen LogP contribution in [0, 0.1) is 5.41 Å². The number of hydrogen-bond acceptors (Lipinski definition) is 5. The molecule has 41 heavy (non-hydrogen) atoms. The van der Waals surface area contributed by atoms with Gasteiger partial charge in [-0.05, 0) is 78.4 Å². The van der Waals surface area contributed by atoms with E-state index in [4.69, 9.17) is 23.2 Å². The summed E-state index contributed by atoms with van der Waals surface area (Å²) in [6.07, 6.45) is 5.24. The Morgan fingerprint density at radius 2 is 1.59 bits per heavy atom. The van der Waals surface area contributed by atoms with Crippen molar-refractivity contribution in [3.63, 3.8) is 0 Å². The maximum absolute atomic E-state index is 13.6. The lowest BCUT2D eigenvalue weighted by Gasteiger charge is -2.30. The zero-order chi connectivity index (χ0) is 29.0. The van der Waals surface area contributed by atoms with Gasteiger partial charge < -0.3 is 10.6 Å². The Kier molecular flexibility index (Phi) is 8.71. The molecule has 0 aliphatic heterocycles. The van der Waals surface area contributed by atoms with Gasteiger partial charge in [0, 0.05) is 24.3 Å². The van der Waals surface area contributed by atoms with E-state index in [2.05, 4.69) is 38.3 Å². The summed E-state index contributed by atoms with van der Waals surface area (Å²) in [6, 6.07) is 20.7. The molecule has 0 radical (unpaired) electrons. The number of aryl methyl sites for hydroxylation is 1. The molecule has 212 valence electrons. The third-order valence-corrected chi connectivity index (χ3v) is 8.37. The molecule has 1 heterocycles. The molecular weight excluding hydrogens is 559 g/mol. The van der Waals surface area contributed by atoms with Crippen molar-refractivity contribution in [1.82, 2.24) is 25.5 Å². The number of rotatable bonds is 9. The van der Waals surface area contributed by atoms with Crippen LogP contribution in [0.25, 0.3) is 11.4 Å². The molecule has 1 fully saturated rings. The van der Waals surface area contributed by atoms with Crippen molar-refractivity contribution in [2.75, 3.05) is 5.32 Å². The second kappa shape index (κ2) is 12.4. The summed E-state index contributed by atoms with van der Waals surface area (Å²) in [5, 5.41) is 18.4. The molecule has 8 nitrogen and oxygen atoms in total. The number of nitrogens with one attached hydrogen (secondary N) is 2. The van der Waals surface area contributed by atoms with E-state index in [1.807, 2.05) is 50.4 Å². The molecule has 0 bridgehead atoms. The van der Waals surface area contributed by atoms with Gasteiger partial charge in [-0.25, -0.2) is 4.68 Å². The normalized spacial score (nSPS) is 14.9. The van der Waals surface area contributed by atoms with Crippen molar-refractivity contribution in [2.24, 2.45) is 12.5 Å². The van der Waals surface area contributed by atoms with Gasteiger partial charge in [-0.3, -0.25) is 9.59 Å². The molecule has 1 aliphatic rings. The van der Waals surface area contributed by atoms with Crippen LogP contribution in [0.5, 0.6) is 0 Å². The summed E-state index contributed by atoms with van der Waals surface area (Å²) in [4.78, 5) is 26.3. The number of carbonyl (C=O) groups excluding carboxylic acids is 2. The maximum atomic E-state index is 13.6. The van der Waals surface area contributed by atoms with Crippen LogP contribution in [0.4, 0.5) is 5.69 Å². The predicted molar refractivity (Wildman–Crippen MR) is 161 cm³/mol. The first-order chi connectivity index (χ1) is 19.7. The minimum absolute atomic E-state index is 0.0480. The van der Waals surface area contributed by atoms with Crippen LogP contribution >= 0.6 is 23.2 Å². The lowest BCUT2D eigenvalue weighted by Crippen LogP contribution is -2.45. The zero-order valence-corrected chi connectivity index (χ0v) is 24.5. The highest BCUT2D eigenvalue weighted by atomic mass is 35.5. The average Bonchev–Trinajstić information content (AvgIpc) is 3.60. The van der Waals surface area contributed by atoms with Crippen molar-refractivity contribution in [1.29, 1.82) is 0 Å². The molecule has 2 amide bonds. The Labute approximate surface area is 249 Å². The molecule has 5 rings (SSSR count). The van der Waals surface area contributed by atoms with Gasteiger partial charge in [0.15, 0.2) is 5.82 Å². The third kappa shape index (κ3) is 6.60. The van der Waals surface area contributed by atoms with E-state index in [0.29, 0.717) is 34.4 Å². The summed E-state index contributed by atoms with van der Waals surface area (Å²) < 4.78 is 1.64. The number of carbonyl (C=O) groups is 2. The van der Waals surface area contributed by atoms with Crippen LogP contribution in [0.2, 0.25) is 10.0 Å². The molecule has 1 unspecified atom stereocenters. The van der Waals surface area contributed by atoms with E-state index in [0.717, 1.165) is 42.4 Å². The summed E-state index contributed by atoms with van der Waals surface area (Å²) in [7, 11) is 1.81. The monoisotopic (exact) mass is 590 g/mol. The van der Waals surface area contributed by atoms with Gasteiger partial charge in [0.1, 0.15) is 0 Å². The fourth-order valence-electron chi connectivity index (χ4n) is 5.59. The second-order valence-electron chi connectivity index (χ2n) is 10.8. The number of anilines is 1. The molecular formula is C31H32Cl2N6O2. The Balaban J connectivity index is 1.19. The zero-order valence-electron chi connectivity index (χ0n) is 23.0. The molecule has 1 aliphatic carbocycles.